The Morgan fingerprint density at radius 1 is 1.62 bits per heavy atom. The highest BCUT2D eigenvalue weighted by atomic mass is 32.1. The number of rotatable bonds is 4. The number of nitrogens with zero attached hydrogens (tertiary/aromatic N) is 2. The molecular weight excluding hydrogens is 218 g/mol. The van der Waals surface area contributed by atoms with Gasteiger partial charge in [0, 0.05) is 18.0 Å². The summed E-state index contributed by atoms with van der Waals surface area (Å²) in [6.07, 6.45) is 4.36. The lowest BCUT2D eigenvalue weighted by atomic mass is 10.1. The van der Waals surface area contributed by atoms with Crippen molar-refractivity contribution in [3.8, 4) is 6.07 Å². The number of aryl methyl sites for hydroxylation is 1. The highest BCUT2D eigenvalue weighted by molar-refractivity contribution is 7.09. The minimum atomic E-state index is 0.198. The average Bonchev–Trinajstić information content (AvgIpc) is 2.94. The molecule has 1 fully saturated rings. The summed E-state index contributed by atoms with van der Waals surface area (Å²) in [6.45, 7) is 2.93. The van der Waals surface area contributed by atoms with Crippen molar-refractivity contribution in [2.75, 3.05) is 0 Å². The van der Waals surface area contributed by atoms with E-state index in [1.807, 2.05) is 0 Å². The van der Waals surface area contributed by atoms with Crippen molar-refractivity contribution in [3.63, 3.8) is 0 Å². The molecule has 0 aliphatic heterocycles. The molecule has 2 atom stereocenters. The Hall–Kier alpha value is -0.920. The highest BCUT2D eigenvalue weighted by Crippen LogP contribution is 2.25. The molecule has 3 nitrogen and oxygen atoms in total. The first-order valence-electron chi connectivity index (χ1n) is 5.89. The van der Waals surface area contributed by atoms with Crippen LogP contribution in [0.25, 0.3) is 0 Å². The molecule has 4 heteroatoms. The summed E-state index contributed by atoms with van der Waals surface area (Å²) < 4.78 is 0. The Morgan fingerprint density at radius 2 is 2.50 bits per heavy atom. The Morgan fingerprint density at radius 3 is 3.19 bits per heavy atom. The van der Waals surface area contributed by atoms with Crippen LogP contribution in [-0.4, -0.2) is 11.0 Å². The standard InChI is InChI=1S/C12H17N3S/c1-2-12-15-10(8-16-12)7-14-11-5-3-4-9(11)6-13/h8-9,11,14H,2-5,7H2,1H3. The van der Waals surface area contributed by atoms with Crippen molar-refractivity contribution in [1.82, 2.24) is 10.3 Å². The van der Waals surface area contributed by atoms with E-state index in [1.54, 1.807) is 11.3 Å². The quantitative estimate of drug-likeness (QED) is 0.872. The van der Waals surface area contributed by atoms with Gasteiger partial charge in [0.15, 0.2) is 0 Å². The Balaban J connectivity index is 1.85. The van der Waals surface area contributed by atoms with E-state index in [1.165, 1.54) is 11.4 Å². The molecule has 1 saturated carbocycles. The van der Waals surface area contributed by atoms with Crippen LogP contribution in [0, 0.1) is 17.2 Å². The molecule has 1 aromatic heterocycles. The zero-order valence-electron chi connectivity index (χ0n) is 9.57. The third-order valence-electron chi connectivity index (χ3n) is 3.13. The lowest BCUT2D eigenvalue weighted by molar-refractivity contribution is 0.462. The fourth-order valence-corrected chi connectivity index (χ4v) is 2.93. The van der Waals surface area contributed by atoms with Gasteiger partial charge < -0.3 is 5.32 Å². The van der Waals surface area contributed by atoms with Crippen molar-refractivity contribution in [2.24, 2.45) is 5.92 Å². The number of hydrogen-bond acceptors (Lipinski definition) is 4. The molecular formula is C12H17N3S. The van der Waals surface area contributed by atoms with Crippen LogP contribution in [0.5, 0.6) is 0 Å². The van der Waals surface area contributed by atoms with Gasteiger partial charge in [-0.2, -0.15) is 5.26 Å². The smallest absolute Gasteiger partial charge is 0.0926 e. The lowest BCUT2D eigenvalue weighted by Gasteiger charge is -2.14. The molecule has 2 unspecified atom stereocenters. The topological polar surface area (TPSA) is 48.7 Å². The molecule has 0 saturated heterocycles. The Bertz CT molecular complexity index is 380. The van der Waals surface area contributed by atoms with Crippen LogP contribution in [0.1, 0.15) is 36.9 Å². The first-order valence-corrected chi connectivity index (χ1v) is 6.77. The molecule has 1 heterocycles. The molecule has 2 rings (SSSR count). The van der Waals surface area contributed by atoms with Gasteiger partial charge in [-0.05, 0) is 19.3 Å². The van der Waals surface area contributed by atoms with Gasteiger partial charge in [-0.3, -0.25) is 0 Å². The van der Waals surface area contributed by atoms with E-state index in [4.69, 9.17) is 5.26 Å². The third kappa shape index (κ3) is 2.60. The van der Waals surface area contributed by atoms with Crippen molar-refractivity contribution in [3.05, 3.63) is 16.1 Å². The van der Waals surface area contributed by atoms with Gasteiger partial charge in [-0.1, -0.05) is 13.3 Å². The van der Waals surface area contributed by atoms with Gasteiger partial charge in [-0.25, -0.2) is 4.98 Å². The molecule has 1 aliphatic carbocycles. The molecule has 1 aliphatic rings. The predicted octanol–water partition coefficient (Wildman–Crippen LogP) is 2.49. The number of nitrogens with one attached hydrogen (secondary N) is 1. The maximum absolute atomic E-state index is 8.97. The summed E-state index contributed by atoms with van der Waals surface area (Å²) in [5.41, 5.74) is 1.12. The van der Waals surface area contributed by atoms with Gasteiger partial charge in [0.1, 0.15) is 0 Å². The number of nitriles is 1. The fraction of sp³-hybridized carbons (Fsp3) is 0.667. The summed E-state index contributed by atoms with van der Waals surface area (Å²) in [7, 11) is 0. The largest absolute Gasteiger partial charge is 0.307 e. The monoisotopic (exact) mass is 235 g/mol. The van der Waals surface area contributed by atoms with Crippen LogP contribution in [0.3, 0.4) is 0 Å². The first-order chi connectivity index (χ1) is 7.83. The second-order valence-corrected chi connectivity index (χ2v) is 5.18. The van der Waals surface area contributed by atoms with Gasteiger partial charge in [0.25, 0.3) is 0 Å². The fourth-order valence-electron chi connectivity index (χ4n) is 2.19. The summed E-state index contributed by atoms with van der Waals surface area (Å²) >= 11 is 1.72. The zero-order valence-corrected chi connectivity index (χ0v) is 10.4. The number of hydrogen-bond donors (Lipinski definition) is 1. The van der Waals surface area contributed by atoms with Crippen molar-refractivity contribution >= 4 is 11.3 Å². The van der Waals surface area contributed by atoms with Crippen LogP contribution >= 0.6 is 11.3 Å². The first kappa shape index (κ1) is 11.6. The average molecular weight is 235 g/mol. The van der Waals surface area contributed by atoms with E-state index < -0.39 is 0 Å². The molecule has 0 amide bonds. The Kier molecular flexibility index (Phi) is 3.92. The van der Waals surface area contributed by atoms with E-state index in [0.717, 1.165) is 31.5 Å². The maximum Gasteiger partial charge on any atom is 0.0926 e. The van der Waals surface area contributed by atoms with Crippen molar-refractivity contribution in [2.45, 2.75) is 45.2 Å². The van der Waals surface area contributed by atoms with E-state index in [9.17, 15) is 0 Å². The van der Waals surface area contributed by atoms with Crippen molar-refractivity contribution in [1.29, 1.82) is 5.26 Å². The normalized spacial score (nSPS) is 24.5. The highest BCUT2D eigenvalue weighted by Gasteiger charge is 2.26. The van der Waals surface area contributed by atoms with Gasteiger partial charge >= 0.3 is 0 Å². The molecule has 0 aromatic carbocycles. The van der Waals surface area contributed by atoms with E-state index in [-0.39, 0.29) is 5.92 Å². The van der Waals surface area contributed by atoms with Crippen LogP contribution in [-0.2, 0) is 13.0 Å². The van der Waals surface area contributed by atoms with Crippen molar-refractivity contribution < 1.29 is 0 Å². The second-order valence-electron chi connectivity index (χ2n) is 4.24. The van der Waals surface area contributed by atoms with Crippen LogP contribution in [0.4, 0.5) is 0 Å². The minimum Gasteiger partial charge on any atom is -0.307 e. The molecule has 1 aromatic rings. The van der Waals surface area contributed by atoms with E-state index in [0.29, 0.717) is 6.04 Å². The maximum atomic E-state index is 8.97. The minimum absolute atomic E-state index is 0.198. The van der Waals surface area contributed by atoms with Crippen LogP contribution in [0.15, 0.2) is 5.38 Å². The molecule has 0 bridgehead atoms. The summed E-state index contributed by atoms with van der Waals surface area (Å²) in [6, 6.07) is 2.76. The lowest BCUT2D eigenvalue weighted by Crippen LogP contribution is -2.31. The molecule has 0 spiro atoms. The molecule has 16 heavy (non-hydrogen) atoms. The number of aromatic nitrogens is 1. The zero-order chi connectivity index (χ0) is 11.4. The molecule has 1 N–H and O–H groups in total. The summed E-state index contributed by atoms with van der Waals surface area (Å²) in [5, 5.41) is 15.7. The predicted molar refractivity (Wildman–Crippen MR) is 65.1 cm³/mol. The number of thiazole rings is 1. The third-order valence-corrected chi connectivity index (χ3v) is 4.17. The van der Waals surface area contributed by atoms with Gasteiger partial charge in [-0.15, -0.1) is 11.3 Å². The van der Waals surface area contributed by atoms with E-state index >= 15 is 0 Å². The van der Waals surface area contributed by atoms with Gasteiger partial charge in [0.2, 0.25) is 0 Å². The van der Waals surface area contributed by atoms with E-state index in [2.05, 4.69) is 28.7 Å². The second kappa shape index (κ2) is 5.42. The van der Waals surface area contributed by atoms with Crippen LogP contribution in [0.2, 0.25) is 0 Å². The van der Waals surface area contributed by atoms with Gasteiger partial charge in [0.05, 0.1) is 22.7 Å². The SMILES string of the molecule is CCc1nc(CNC2CCCC2C#N)cs1. The molecule has 86 valence electrons. The Labute approximate surface area is 101 Å². The van der Waals surface area contributed by atoms with Crippen LogP contribution < -0.4 is 5.32 Å². The molecule has 0 radical (unpaired) electrons. The summed E-state index contributed by atoms with van der Waals surface area (Å²) in [4.78, 5) is 4.51. The summed E-state index contributed by atoms with van der Waals surface area (Å²) in [5.74, 6) is 0.198.